The Morgan fingerprint density at radius 2 is 1.96 bits per heavy atom. The summed E-state index contributed by atoms with van der Waals surface area (Å²) in [7, 11) is 0. The van der Waals surface area contributed by atoms with E-state index < -0.39 is 17.2 Å². The summed E-state index contributed by atoms with van der Waals surface area (Å²) in [5.74, 6) is -1.12. The van der Waals surface area contributed by atoms with Crippen LogP contribution in [0.5, 0.6) is 0 Å². The zero-order valence-corrected chi connectivity index (χ0v) is 17.3. The van der Waals surface area contributed by atoms with Crippen molar-refractivity contribution in [1.82, 2.24) is 5.32 Å². The first-order valence-electron chi connectivity index (χ1n) is 9.12. The lowest BCUT2D eigenvalue weighted by atomic mass is 9.72. The molecule has 2 atom stereocenters. The van der Waals surface area contributed by atoms with Gasteiger partial charge in [0.2, 0.25) is 11.8 Å². The largest absolute Gasteiger partial charge is 0.325 e. The number of nitriles is 2. The molecule has 146 valence electrons. The topological polar surface area (TPSA) is 106 Å². The number of thioether (sulfide) groups is 1. The second kappa shape index (κ2) is 8.95. The minimum absolute atomic E-state index is 0.0429. The average molecular weight is 397 g/mol. The van der Waals surface area contributed by atoms with E-state index in [9.17, 15) is 20.1 Å². The van der Waals surface area contributed by atoms with Crippen LogP contribution in [0.1, 0.15) is 45.6 Å². The van der Waals surface area contributed by atoms with Gasteiger partial charge in [-0.2, -0.15) is 10.5 Å². The van der Waals surface area contributed by atoms with E-state index in [-0.39, 0.29) is 11.7 Å². The Morgan fingerprint density at radius 1 is 1.32 bits per heavy atom. The van der Waals surface area contributed by atoms with Crippen molar-refractivity contribution in [2.24, 2.45) is 11.3 Å². The van der Waals surface area contributed by atoms with Gasteiger partial charge in [-0.1, -0.05) is 51.6 Å². The molecular formula is C21H24N4O2S. The number of anilines is 1. The highest BCUT2D eigenvalue weighted by molar-refractivity contribution is 8.03. The molecule has 28 heavy (non-hydrogen) atoms. The maximum Gasteiger partial charge on any atom is 0.243 e. The molecule has 1 heterocycles. The number of benzene rings is 1. The average Bonchev–Trinajstić information content (AvgIpc) is 2.66. The molecule has 0 bridgehead atoms. The number of carbonyl (C=O) groups is 2. The monoisotopic (exact) mass is 396 g/mol. The number of amides is 2. The maximum absolute atomic E-state index is 12.3. The molecule has 0 radical (unpaired) electrons. The molecule has 0 spiro atoms. The van der Waals surface area contributed by atoms with Crippen molar-refractivity contribution in [3.8, 4) is 12.1 Å². The molecule has 0 saturated carbocycles. The first kappa shape index (κ1) is 21.5. The molecule has 0 saturated heterocycles. The summed E-state index contributed by atoms with van der Waals surface area (Å²) in [4.78, 5) is 24.5. The highest BCUT2D eigenvalue weighted by atomic mass is 32.2. The SMILES string of the molecule is CC[C@H](C)c1ccc(NC(=O)CSC2=C(C#N)C(C)(C)[C@H](C#N)C(=O)N2)cc1. The number of hydrogen-bond donors (Lipinski definition) is 2. The molecule has 7 heteroatoms. The predicted octanol–water partition coefficient (Wildman–Crippen LogP) is 3.90. The molecule has 0 aliphatic carbocycles. The Morgan fingerprint density at radius 3 is 2.50 bits per heavy atom. The fraction of sp³-hybridized carbons (Fsp3) is 0.429. The highest BCUT2D eigenvalue weighted by Gasteiger charge is 2.44. The minimum atomic E-state index is -0.940. The Kier molecular flexibility index (Phi) is 6.88. The van der Waals surface area contributed by atoms with Gasteiger partial charge in [-0.25, -0.2) is 0 Å². The summed E-state index contributed by atoms with van der Waals surface area (Å²) in [6.45, 7) is 7.67. The second-order valence-corrected chi connectivity index (χ2v) is 8.34. The van der Waals surface area contributed by atoms with Crippen LogP contribution in [-0.4, -0.2) is 17.6 Å². The molecule has 0 aromatic heterocycles. The molecule has 1 aliphatic heterocycles. The molecule has 0 fully saturated rings. The molecule has 1 aromatic carbocycles. The van der Waals surface area contributed by atoms with Crippen molar-refractivity contribution < 1.29 is 9.59 Å². The molecular weight excluding hydrogens is 372 g/mol. The van der Waals surface area contributed by atoms with E-state index in [1.54, 1.807) is 13.8 Å². The summed E-state index contributed by atoms with van der Waals surface area (Å²) < 4.78 is 0. The number of nitrogens with zero attached hydrogens (tertiary/aromatic N) is 2. The van der Waals surface area contributed by atoms with Crippen molar-refractivity contribution in [3.63, 3.8) is 0 Å². The van der Waals surface area contributed by atoms with E-state index in [1.807, 2.05) is 30.3 Å². The first-order chi connectivity index (χ1) is 13.2. The van der Waals surface area contributed by atoms with Crippen LogP contribution in [0.3, 0.4) is 0 Å². The number of nitrogens with one attached hydrogen (secondary N) is 2. The van der Waals surface area contributed by atoms with E-state index in [1.165, 1.54) is 5.56 Å². The minimum Gasteiger partial charge on any atom is -0.325 e. The van der Waals surface area contributed by atoms with Crippen LogP contribution in [0.2, 0.25) is 0 Å². The third-order valence-electron chi connectivity index (χ3n) is 5.06. The molecule has 2 N–H and O–H groups in total. The van der Waals surface area contributed by atoms with Crippen LogP contribution in [-0.2, 0) is 9.59 Å². The van der Waals surface area contributed by atoms with Crippen LogP contribution < -0.4 is 10.6 Å². The number of carbonyl (C=O) groups excluding carboxylic acids is 2. The Hall–Kier alpha value is -2.77. The van der Waals surface area contributed by atoms with E-state index >= 15 is 0 Å². The smallest absolute Gasteiger partial charge is 0.243 e. The number of rotatable bonds is 6. The van der Waals surface area contributed by atoms with Gasteiger partial charge >= 0.3 is 0 Å². The Balaban J connectivity index is 2.05. The van der Waals surface area contributed by atoms with Gasteiger partial charge in [0.05, 0.1) is 28.5 Å². The van der Waals surface area contributed by atoms with Gasteiger partial charge in [0.15, 0.2) is 0 Å². The normalized spacial score (nSPS) is 19.2. The highest BCUT2D eigenvalue weighted by Crippen LogP contribution is 2.41. The number of hydrogen-bond acceptors (Lipinski definition) is 5. The standard InChI is InChI=1S/C21H24N4O2S/c1-5-13(2)14-6-8-15(9-7-14)24-18(26)12-28-20-17(11-23)21(3,4)16(10-22)19(27)25-20/h6-9,13,16H,5,12H2,1-4H3,(H,24,26)(H,25,27)/t13-,16+/m0/s1. The van der Waals surface area contributed by atoms with Crippen LogP contribution in [0.4, 0.5) is 5.69 Å². The zero-order chi connectivity index (χ0) is 20.9. The summed E-state index contributed by atoms with van der Waals surface area (Å²) in [5, 5.41) is 24.5. The van der Waals surface area contributed by atoms with E-state index in [2.05, 4.69) is 30.6 Å². The van der Waals surface area contributed by atoms with Crippen molar-refractivity contribution in [3.05, 3.63) is 40.4 Å². The fourth-order valence-electron chi connectivity index (χ4n) is 3.00. The van der Waals surface area contributed by atoms with Gasteiger partial charge < -0.3 is 10.6 Å². The van der Waals surface area contributed by atoms with Crippen LogP contribution in [0.15, 0.2) is 34.9 Å². The van der Waals surface area contributed by atoms with Gasteiger partial charge in [0.25, 0.3) is 0 Å². The third kappa shape index (κ3) is 4.55. The van der Waals surface area contributed by atoms with Gasteiger partial charge in [0.1, 0.15) is 5.92 Å². The first-order valence-corrected chi connectivity index (χ1v) is 10.1. The van der Waals surface area contributed by atoms with Gasteiger partial charge in [-0.3, -0.25) is 9.59 Å². The van der Waals surface area contributed by atoms with E-state index in [0.717, 1.165) is 18.2 Å². The van der Waals surface area contributed by atoms with Crippen LogP contribution >= 0.6 is 11.8 Å². The van der Waals surface area contributed by atoms with Crippen molar-refractivity contribution in [2.75, 3.05) is 11.1 Å². The molecule has 0 unspecified atom stereocenters. The van der Waals surface area contributed by atoms with E-state index in [4.69, 9.17) is 0 Å². The van der Waals surface area contributed by atoms with Crippen molar-refractivity contribution in [1.29, 1.82) is 10.5 Å². The maximum atomic E-state index is 12.3. The van der Waals surface area contributed by atoms with Gasteiger partial charge in [0, 0.05) is 11.1 Å². The third-order valence-corrected chi connectivity index (χ3v) is 6.06. The Bertz CT molecular complexity index is 875. The summed E-state index contributed by atoms with van der Waals surface area (Å²) >= 11 is 1.09. The fourth-order valence-corrected chi connectivity index (χ4v) is 3.97. The molecule has 1 aliphatic rings. The van der Waals surface area contributed by atoms with Crippen molar-refractivity contribution in [2.45, 2.75) is 40.0 Å². The molecule has 2 amide bonds. The molecule has 6 nitrogen and oxygen atoms in total. The predicted molar refractivity (Wildman–Crippen MR) is 110 cm³/mol. The number of allylic oxidation sites excluding steroid dienone is 1. The van der Waals surface area contributed by atoms with Crippen molar-refractivity contribution >= 4 is 29.3 Å². The summed E-state index contributed by atoms with van der Waals surface area (Å²) in [6.07, 6.45) is 1.05. The second-order valence-electron chi connectivity index (χ2n) is 7.36. The zero-order valence-electron chi connectivity index (χ0n) is 16.5. The van der Waals surface area contributed by atoms with Gasteiger partial charge in [-0.15, -0.1) is 0 Å². The molecule has 1 aromatic rings. The van der Waals surface area contributed by atoms with Crippen LogP contribution in [0.25, 0.3) is 0 Å². The van der Waals surface area contributed by atoms with Crippen LogP contribution in [0, 0.1) is 34.0 Å². The quantitative estimate of drug-likeness (QED) is 0.758. The van der Waals surface area contributed by atoms with Gasteiger partial charge in [-0.05, 0) is 30.0 Å². The lowest BCUT2D eigenvalue weighted by molar-refractivity contribution is -0.125. The summed E-state index contributed by atoms with van der Waals surface area (Å²) in [5.41, 5.74) is 1.33. The lowest BCUT2D eigenvalue weighted by Gasteiger charge is -2.34. The summed E-state index contributed by atoms with van der Waals surface area (Å²) in [6, 6.07) is 11.8. The molecule has 2 rings (SSSR count). The lowest BCUT2D eigenvalue weighted by Crippen LogP contribution is -2.44. The Labute approximate surface area is 170 Å². The van der Waals surface area contributed by atoms with E-state index in [0.29, 0.717) is 22.2 Å².